The van der Waals surface area contributed by atoms with Crippen LogP contribution in [0.5, 0.6) is 0 Å². The number of carbonyl (C=O) groups excluding carboxylic acids is 2. The molecule has 1 atom stereocenters. The number of hydrogen-bond donors (Lipinski definition) is 0. The molecule has 2 heteroatoms. The summed E-state index contributed by atoms with van der Waals surface area (Å²) in [5, 5.41) is 0. The van der Waals surface area contributed by atoms with Gasteiger partial charge >= 0.3 is 0 Å². The second-order valence-electron chi connectivity index (χ2n) is 4.09. The van der Waals surface area contributed by atoms with Crippen molar-refractivity contribution in [1.29, 1.82) is 0 Å². The number of allylic oxidation sites excluding steroid dienone is 2. The van der Waals surface area contributed by atoms with Gasteiger partial charge in [0, 0.05) is 6.42 Å². The summed E-state index contributed by atoms with van der Waals surface area (Å²) in [7, 11) is 0. The molecule has 14 heavy (non-hydrogen) atoms. The molecule has 0 aromatic heterocycles. The van der Waals surface area contributed by atoms with Crippen LogP contribution in [-0.4, -0.2) is 12.1 Å². The van der Waals surface area contributed by atoms with Crippen LogP contribution in [0.4, 0.5) is 0 Å². The lowest BCUT2D eigenvalue weighted by atomic mass is 9.98. The third-order valence-corrected chi connectivity index (χ3v) is 2.23. The van der Waals surface area contributed by atoms with Gasteiger partial charge in [-0.2, -0.15) is 0 Å². The van der Waals surface area contributed by atoms with Gasteiger partial charge in [-0.05, 0) is 39.0 Å². The van der Waals surface area contributed by atoms with Gasteiger partial charge in [0.05, 0.1) is 0 Å². The molecule has 1 unspecified atom stereocenters. The number of carbonyl (C=O) groups is 2. The smallest absolute Gasteiger partial charge is 0.195 e. The van der Waals surface area contributed by atoms with E-state index in [1.807, 2.05) is 0 Å². The Balaban J connectivity index is 3.55. The molecule has 0 aromatic rings. The van der Waals surface area contributed by atoms with Crippen molar-refractivity contribution in [2.24, 2.45) is 5.92 Å². The lowest BCUT2D eigenvalue weighted by molar-refractivity contribution is -0.130. The van der Waals surface area contributed by atoms with Gasteiger partial charge in [0.2, 0.25) is 0 Å². The molecule has 0 radical (unpaired) electrons. The Bertz CT molecular complexity index is 212. The van der Waals surface area contributed by atoms with Crippen LogP contribution in [0.25, 0.3) is 0 Å². The fourth-order valence-electron chi connectivity index (χ4n) is 1.25. The van der Waals surface area contributed by atoms with Crippen LogP contribution in [0.2, 0.25) is 0 Å². The number of hydrogen-bond acceptors (Lipinski definition) is 2. The molecule has 0 saturated heterocycles. The van der Waals surface area contributed by atoms with E-state index in [-0.39, 0.29) is 5.78 Å². The summed E-state index contributed by atoms with van der Waals surface area (Å²) in [4.78, 5) is 20.8. The first-order valence-electron chi connectivity index (χ1n) is 5.17. The maximum atomic E-state index is 10.7. The molecule has 0 fully saturated rings. The normalized spacial score (nSPS) is 11.9. The van der Waals surface area contributed by atoms with Gasteiger partial charge in [-0.25, -0.2) is 0 Å². The van der Waals surface area contributed by atoms with Crippen LogP contribution in [0.15, 0.2) is 11.6 Å². The van der Waals surface area contributed by atoms with E-state index in [4.69, 9.17) is 0 Å². The van der Waals surface area contributed by atoms with Crippen molar-refractivity contribution in [3.8, 4) is 0 Å². The summed E-state index contributed by atoms with van der Waals surface area (Å²) in [6.07, 6.45) is 6.02. The van der Waals surface area contributed by atoms with E-state index in [2.05, 4.69) is 26.8 Å². The van der Waals surface area contributed by atoms with E-state index in [9.17, 15) is 9.59 Å². The molecule has 0 saturated carbocycles. The standard InChI is InChI=1S/C12H20O2/c1-10(2)5-4-6-11(3)7-8-12(14)9-13/h5,9,11H,4,6-8H2,1-3H3. The molecule has 0 heterocycles. The second kappa shape index (κ2) is 7.48. The van der Waals surface area contributed by atoms with E-state index >= 15 is 0 Å². The SMILES string of the molecule is CC(C)=CCCC(C)CCC(=O)C=O. The highest BCUT2D eigenvalue weighted by molar-refractivity contribution is 6.24. The average molecular weight is 196 g/mol. The Labute approximate surface area is 86.4 Å². The van der Waals surface area contributed by atoms with Crippen LogP contribution in [0.1, 0.15) is 46.5 Å². The van der Waals surface area contributed by atoms with Gasteiger partial charge in [0.1, 0.15) is 0 Å². The number of aldehydes is 1. The highest BCUT2D eigenvalue weighted by atomic mass is 16.2. The number of Topliss-reactive ketones (excluding diaryl/α,β-unsaturated/α-hetero) is 1. The molecule has 0 aromatic carbocycles. The van der Waals surface area contributed by atoms with Crippen LogP contribution in [0.3, 0.4) is 0 Å². The maximum absolute atomic E-state index is 10.7. The van der Waals surface area contributed by atoms with Crippen molar-refractivity contribution in [3.05, 3.63) is 11.6 Å². The minimum absolute atomic E-state index is 0.279. The fraction of sp³-hybridized carbons (Fsp3) is 0.667. The zero-order valence-electron chi connectivity index (χ0n) is 9.38. The molecule has 0 aliphatic carbocycles. The van der Waals surface area contributed by atoms with Gasteiger partial charge in [0.15, 0.2) is 12.1 Å². The summed E-state index contributed by atoms with van der Waals surface area (Å²) >= 11 is 0. The van der Waals surface area contributed by atoms with Gasteiger partial charge in [-0.3, -0.25) is 9.59 Å². The summed E-state index contributed by atoms with van der Waals surface area (Å²) in [6.45, 7) is 6.29. The first-order chi connectivity index (χ1) is 6.56. The van der Waals surface area contributed by atoms with Crippen molar-refractivity contribution >= 4 is 12.1 Å². The molecular weight excluding hydrogens is 176 g/mol. The molecule has 0 bridgehead atoms. The molecule has 0 N–H and O–H groups in total. The fourth-order valence-corrected chi connectivity index (χ4v) is 1.25. The average Bonchev–Trinajstić information content (AvgIpc) is 2.13. The zero-order valence-corrected chi connectivity index (χ0v) is 9.38. The van der Waals surface area contributed by atoms with E-state index in [1.165, 1.54) is 5.57 Å². The Morgan fingerprint density at radius 1 is 1.29 bits per heavy atom. The summed E-state index contributed by atoms with van der Waals surface area (Å²) < 4.78 is 0. The van der Waals surface area contributed by atoms with Gasteiger partial charge in [-0.15, -0.1) is 0 Å². The van der Waals surface area contributed by atoms with E-state index in [0.29, 0.717) is 18.6 Å². The topological polar surface area (TPSA) is 34.1 Å². The number of ketones is 1. The molecule has 0 spiro atoms. The molecular formula is C12H20O2. The minimum atomic E-state index is -0.279. The van der Waals surface area contributed by atoms with Crippen molar-refractivity contribution in [1.82, 2.24) is 0 Å². The third kappa shape index (κ3) is 7.71. The van der Waals surface area contributed by atoms with Gasteiger partial charge < -0.3 is 0 Å². The number of rotatable bonds is 7. The van der Waals surface area contributed by atoms with Gasteiger partial charge in [0.25, 0.3) is 0 Å². The second-order valence-corrected chi connectivity index (χ2v) is 4.09. The lowest BCUT2D eigenvalue weighted by Gasteiger charge is -2.07. The highest BCUT2D eigenvalue weighted by Gasteiger charge is 2.04. The Hall–Kier alpha value is -0.920. The van der Waals surface area contributed by atoms with Crippen molar-refractivity contribution in [3.63, 3.8) is 0 Å². The maximum Gasteiger partial charge on any atom is 0.195 e. The molecule has 0 aliphatic rings. The Kier molecular flexibility index (Phi) is 6.99. The molecule has 0 rings (SSSR count). The van der Waals surface area contributed by atoms with Crippen LogP contribution in [-0.2, 0) is 9.59 Å². The van der Waals surface area contributed by atoms with Crippen LogP contribution in [0, 0.1) is 5.92 Å². The third-order valence-electron chi connectivity index (χ3n) is 2.23. The quantitative estimate of drug-likeness (QED) is 0.356. The largest absolute Gasteiger partial charge is 0.295 e. The predicted octanol–water partition coefficient (Wildman–Crippen LogP) is 2.92. The van der Waals surface area contributed by atoms with E-state index in [0.717, 1.165) is 19.3 Å². The molecule has 0 aliphatic heterocycles. The van der Waals surface area contributed by atoms with Crippen molar-refractivity contribution < 1.29 is 9.59 Å². The van der Waals surface area contributed by atoms with Crippen molar-refractivity contribution in [2.45, 2.75) is 46.5 Å². The molecule has 0 amide bonds. The summed E-state index contributed by atoms with van der Waals surface area (Å²) in [6, 6.07) is 0. The minimum Gasteiger partial charge on any atom is -0.295 e. The first-order valence-corrected chi connectivity index (χ1v) is 5.17. The monoisotopic (exact) mass is 196 g/mol. The predicted molar refractivity (Wildman–Crippen MR) is 58.1 cm³/mol. The molecule has 80 valence electrons. The molecule has 2 nitrogen and oxygen atoms in total. The van der Waals surface area contributed by atoms with E-state index in [1.54, 1.807) is 0 Å². The Morgan fingerprint density at radius 3 is 2.43 bits per heavy atom. The zero-order chi connectivity index (χ0) is 11.0. The highest BCUT2D eigenvalue weighted by Crippen LogP contribution is 2.13. The van der Waals surface area contributed by atoms with Gasteiger partial charge in [-0.1, -0.05) is 18.6 Å². The summed E-state index contributed by atoms with van der Waals surface area (Å²) in [5.74, 6) is 0.244. The first kappa shape index (κ1) is 13.1. The Morgan fingerprint density at radius 2 is 1.93 bits per heavy atom. The van der Waals surface area contributed by atoms with E-state index < -0.39 is 0 Å². The summed E-state index contributed by atoms with van der Waals surface area (Å²) in [5.41, 5.74) is 1.33. The van der Waals surface area contributed by atoms with Crippen LogP contribution < -0.4 is 0 Å². The van der Waals surface area contributed by atoms with Crippen LogP contribution >= 0.6 is 0 Å². The van der Waals surface area contributed by atoms with Crippen molar-refractivity contribution in [2.75, 3.05) is 0 Å². The lowest BCUT2D eigenvalue weighted by Crippen LogP contribution is -2.02.